The lowest BCUT2D eigenvalue weighted by molar-refractivity contribution is -0.128. The number of rotatable bonds is 4. The molecular formula is C17H23N7O. The summed E-state index contributed by atoms with van der Waals surface area (Å²) in [5.41, 5.74) is 8.32. The first kappa shape index (κ1) is 17.1. The first-order valence-corrected chi connectivity index (χ1v) is 8.34. The van der Waals surface area contributed by atoms with E-state index in [0.29, 0.717) is 6.54 Å². The lowest BCUT2D eigenvalue weighted by Crippen LogP contribution is -2.26. The fraction of sp³-hybridized carbons (Fsp3) is 0.471. The van der Waals surface area contributed by atoms with Gasteiger partial charge in [0.15, 0.2) is 0 Å². The summed E-state index contributed by atoms with van der Waals surface area (Å²) in [5, 5.41) is 0. The van der Waals surface area contributed by atoms with Gasteiger partial charge in [-0.05, 0) is 19.8 Å². The molecule has 3 rings (SSSR count). The van der Waals surface area contributed by atoms with Gasteiger partial charge >= 0.3 is 0 Å². The van der Waals surface area contributed by atoms with E-state index in [2.05, 4.69) is 19.9 Å². The number of nitrogens with zero attached hydrogens (tertiary/aromatic N) is 6. The van der Waals surface area contributed by atoms with Crippen molar-refractivity contribution >= 4 is 17.7 Å². The van der Waals surface area contributed by atoms with E-state index in [1.54, 1.807) is 24.3 Å². The average Bonchev–Trinajstić information content (AvgIpc) is 3.03. The van der Waals surface area contributed by atoms with Gasteiger partial charge in [0.2, 0.25) is 11.9 Å². The van der Waals surface area contributed by atoms with Crippen LogP contribution in [0.25, 0.3) is 0 Å². The van der Waals surface area contributed by atoms with Crippen LogP contribution in [0.5, 0.6) is 0 Å². The molecule has 0 saturated carbocycles. The van der Waals surface area contributed by atoms with E-state index in [9.17, 15) is 4.79 Å². The molecule has 8 nitrogen and oxygen atoms in total. The van der Waals surface area contributed by atoms with Crippen molar-refractivity contribution in [2.45, 2.75) is 39.3 Å². The van der Waals surface area contributed by atoms with Gasteiger partial charge in [0.25, 0.3) is 0 Å². The minimum absolute atomic E-state index is 0.00151. The molecule has 1 amide bonds. The summed E-state index contributed by atoms with van der Waals surface area (Å²) in [7, 11) is 1.75. The summed E-state index contributed by atoms with van der Waals surface area (Å²) in [6, 6.07) is 2.04. The van der Waals surface area contributed by atoms with Gasteiger partial charge in [-0.15, -0.1) is 0 Å². The number of hydrogen-bond donors (Lipinski definition) is 1. The third-order valence-corrected chi connectivity index (χ3v) is 4.39. The van der Waals surface area contributed by atoms with E-state index in [1.165, 1.54) is 6.92 Å². The smallest absolute Gasteiger partial charge is 0.222 e. The summed E-state index contributed by atoms with van der Waals surface area (Å²) < 4.78 is 0. The Balaban J connectivity index is 1.86. The summed E-state index contributed by atoms with van der Waals surface area (Å²) in [4.78, 5) is 32.8. The van der Waals surface area contributed by atoms with E-state index < -0.39 is 0 Å². The van der Waals surface area contributed by atoms with Gasteiger partial charge in [-0.25, -0.2) is 4.98 Å². The Morgan fingerprint density at radius 1 is 1.36 bits per heavy atom. The SMILES string of the molecule is CC(=O)N(C)Cc1cncc([C@H]2CCCN2c2cc(C)nc(N)n2)n1. The summed E-state index contributed by atoms with van der Waals surface area (Å²) in [5.74, 6) is 1.10. The number of hydrogen-bond acceptors (Lipinski definition) is 7. The van der Waals surface area contributed by atoms with Crippen molar-refractivity contribution in [3.05, 3.63) is 35.5 Å². The van der Waals surface area contributed by atoms with Crippen molar-refractivity contribution in [3.8, 4) is 0 Å². The Bertz CT molecular complexity index is 759. The fourth-order valence-corrected chi connectivity index (χ4v) is 3.08. The van der Waals surface area contributed by atoms with Crippen molar-refractivity contribution < 1.29 is 4.79 Å². The zero-order valence-electron chi connectivity index (χ0n) is 14.8. The van der Waals surface area contributed by atoms with Gasteiger partial charge in [0.1, 0.15) is 5.82 Å². The highest BCUT2D eigenvalue weighted by molar-refractivity contribution is 5.72. The van der Waals surface area contributed by atoms with Crippen LogP contribution in [0, 0.1) is 6.92 Å². The third-order valence-electron chi connectivity index (χ3n) is 4.39. The topological polar surface area (TPSA) is 101 Å². The van der Waals surface area contributed by atoms with Crippen molar-refractivity contribution in [1.82, 2.24) is 24.8 Å². The van der Waals surface area contributed by atoms with Crippen LogP contribution in [0.15, 0.2) is 18.5 Å². The molecule has 0 unspecified atom stereocenters. The maximum atomic E-state index is 11.4. The molecule has 2 aromatic heterocycles. The molecule has 0 aliphatic carbocycles. The van der Waals surface area contributed by atoms with Gasteiger partial charge in [0, 0.05) is 32.3 Å². The number of nitrogen functional groups attached to an aromatic ring is 1. The third kappa shape index (κ3) is 3.84. The van der Waals surface area contributed by atoms with Gasteiger partial charge in [0.05, 0.1) is 36.4 Å². The van der Waals surface area contributed by atoms with Crippen LogP contribution in [0.4, 0.5) is 11.8 Å². The van der Waals surface area contributed by atoms with E-state index in [4.69, 9.17) is 10.7 Å². The summed E-state index contributed by atoms with van der Waals surface area (Å²) in [6.45, 7) is 4.78. The monoisotopic (exact) mass is 341 g/mol. The Morgan fingerprint density at radius 3 is 2.88 bits per heavy atom. The number of carbonyl (C=O) groups is 1. The Hall–Kier alpha value is -2.77. The second-order valence-electron chi connectivity index (χ2n) is 6.39. The highest BCUT2D eigenvalue weighted by atomic mass is 16.2. The van der Waals surface area contributed by atoms with E-state index in [-0.39, 0.29) is 17.9 Å². The number of nitrogens with two attached hydrogens (primary N) is 1. The fourth-order valence-electron chi connectivity index (χ4n) is 3.08. The first-order valence-electron chi connectivity index (χ1n) is 8.34. The highest BCUT2D eigenvalue weighted by Gasteiger charge is 2.29. The highest BCUT2D eigenvalue weighted by Crippen LogP contribution is 2.34. The van der Waals surface area contributed by atoms with Crippen molar-refractivity contribution in [1.29, 1.82) is 0 Å². The largest absolute Gasteiger partial charge is 0.368 e. The lowest BCUT2D eigenvalue weighted by atomic mass is 10.1. The minimum atomic E-state index is 0.00151. The zero-order chi connectivity index (χ0) is 18.0. The molecule has 1 aliphatic heterocycles. The van der Waals surface area contributed by atoms with Crippen LogP contribution < -0.4 is 10.6 Å². The quantitative estimate of drug-likeness (QED) is 0.898. The standard InChI is InChI=1S/C17H23N7O/c1-11-7-16(22-17(18)20-11)24-6-4-5-15(24)14-9-19-8-13(21-14)10-23(3)12(2)25/h7-9,15H,4-6,10H2,1-3H3,(H2,18,20,22)/t15-/m1/s1. The Morgan fingerprint density at radius 2 is 2.16 bits per heavy atom. The molecule has 2 aromatic rings. The molecule has 1 atom stereocenters. The Labute approximate surface area is 147 Å². The maximum Gasteiger partial charge on any atom is 0.222 e. The van der Waals surface area contributed by atoms with Gasteiger partial charge in [-0.3, -0.25) is 14.8 Å². The molecule has 1 fully saturated rings. The normalized spacial score (nSPS) is 16.9. The predicted molar refractivity (Wildman–Crippen MR) is 94.7 cm³/mol. The molecule has 0 aromatic carbocycles. The summed E-state index contributed by atoms with van der Waals surface area (Å²) in [6.07, 6.45) is 5.52. The van der Waals surface area contributed by atoms with Crippen LogP contribution >= 0.6 is 0 Å². The molecule has 0 bridgehead atoms. The van der Waals surface area contributed by atoms with Crippen LogP contribution in [0.3, 0.4) is 0 Å². The van der Waals surface area contributed by atoms with Gasteiger partial charge < -0.3 is 15.5 Å². The molecule has 8 heteroatoms. The molecule has 0 radical (unpaired) electrons. The second kappa shape index (κ2) is 7.00. The molecule has 2 N–H and O–H groups in total. The predicted octanol–water partition coefficient (Wildman–Crippen LogP) is 1.48. The molecule has 3 heterocycles. The number of aryl methyl sites for hydroxylation is 1. The van der Waals surface area contributed by atoms with Crippen LogP contribution in [-0.4, -0.2) is 44.3 Å². The zero-order valence-corrected chi connectivity index (χ0v) is 14.8. The first-order chi connectivity index (χ1) is 11.9. The molecule has 1 aliphatic rings. The van der Waals surface area contributed by atoms with E-state index in [1.807, 2.05) is 13.0 Å². The van der Waals surface area contributed by atoms with E-state index in [0.717, 1.165) is 42.3 Å². The van der Waals surface area contributed by atoms with Crippen molar-refractivity contribution in [2.75, 3.05) is 24.2 Å². The van der Waals surface area contributed by atoms with Crippen molar-refractivity contribution in [2.24, 2.45) is 0 Å². The van der Waals surface area contributed by atoms with Crippen LogP contribution in [0.2, 0.25) is 0 Å². The number of carbonyl (C=O) groups excluding carboxylic acids is 1. The summed E-state index contributed by atoms with van der Waals surface area (Å²) >= 11 is 0. The molecule has 0 spiro atoms. The van der Waals surface area contributed by atoms with E-state index >= 15 is 0 Å². The second-order valence-corrected chi connectivity index (χ2v) is 6.39. The molecular weight excluding hydrogens is 318 g/mol. The number of amides is 1. The lowest BCUT2D eigenvalue weighted by Gasteiger charge is -2.26. The average molecular weight is 341 g/mol. The van der Waals surface area contributed by atoms with Gasteiger partial charge in [-0.1, -0.05) is 0 Å². The van der Waals surface area contributed by atoms with Gasteiger partial charge in [-0.2, -0.15) is 4.98 Å². The number of aromatic nitrogens is 4. The molecule has 25 heavy (non-hydrogen) atoms. The van der Waals surface area contributed by atoms with Crippen LogP contribution in [0.1, 0.15) is 42.9 Å². The molecule has 1 saturated heterocycles. The minimum Gasteiger partial charge on any atom is -0.368 e. The van der Waals surface area contributed by atoms with Crippen molar-refractivity contribution in [3.63, 3.8) is 0 Å². The Kier molecular flexibility index (Phi) is 4.78. The number of anilines is 2. The molecule has 132 valence electrons. The van der Waals surface area contributed by atoms with Crippen LogP contribution in [-0.2, 0) is 11.3 Å². The maximum absolute atomic E-state index is 11.4.